The zero-order valence-corrected chi connectivity index (χ0v) is 12.6. The van der Waals surface area contributed by atoms with Crippen molar-refractivity contribution in [3.05, 3.63) is 75.9 Å². The van der Waals surface area contributed by atoms with E-state index in [0.717, 1.165) is 6.07 Å². The number of benzene rings is 2. The van der Waals surface area contributed by atoms with Gasteiger partial charge in [-0.3, -0.25) is 10.1 Å². The highest BCUT2D eigenvalue weighted by molar-refractivity contribution is 5.89. The van der Waals surface area contributed by atoms with Crippen LogP contribution in [0.1, 0.15) is 16.2 Å². The van der Waals surface area contributed by atoms with E-state index in [1.54, 1.807) is 0 Å². The minimum Gasteiger partial charge on any atom is -0.452 e. The molecule has 0 spiro atoms. The van der Waals surface area contributed by atoms with E-state index in [1.807, 2.05) is 0 Å². The number of hydrogen-bond acceptors (Lipinski definition) is 7. The van der Waals surface area contributed by atoms with Crippen molar-refractivity contribution in [1.29, 1.82) is 0 Å². The molecule has 1 aromatic heterocycles. The molecule has 0 bridgehead atoms. The van der Waals surface area contributed by atoms with E-state index in [0.29, 0.717) is 5.56 Å². The third kappa shape index (κ3) is 3.66. The van der Waals surface area contributed by atoms with Crippen LogP contribution in [0.2, 0.25) is 0 Å². The van der Waals surface area contributed by atoms with Gasteiger partial charge in [0.2, 0.25) is 5.89 Å². The Kier molecular flexibility index (Phi) is 4.46. The molecule has 0 aliphatic rings. The molecule has 0 fully saturated rings. The Morgan fingerprint density at radius 3 is 2.56 bits per heavy atom. The molecular weight excluding hydrogens is 333 g/mol. The van der Waals surface area contributed by atoms with E-state index in [4.69, 9.17) is 9.15 Å². The van der Waals surface area contributed by atoms with Gasteiger partial charge in [-0.25, -0.2) is 9.18 Å². The fraction of sp³-hybridized carbons (Fsp3) is 0.0625. The summed E-state index contributed by atoms with van der Waals surface area (Å²) in [5.74, 6) is -1.41. The number of aromatic nitrogens is 2. The van der Waals surface area contributed by atoms with Crippen LogP contribution in [0.3, 0.4) is 0 Å². The quantitative estimate of drug-likeness (QED) is 0.398. The van der Waals surface area contributed by atoms with Gasteiger partial charge in [0.15, 0.2) is 6.61 Å². The Morgan fingerprint density at radius 2 is 1.88 bits per heavy atom. The molecule has 0 radical (unpaired) electrons. The van der Waals surface area contributed by atoms with Crippen LogP contribution in [0.4, 0.5) is 10.1 Å². The summed E-state index contributed by atoms with van der Waals surface area (Å²) in [5, 5.41) is 18.1. The third-order valence-electron chi connectivity index (χ3n) is 3.21. The molecular formula is C16H10FN3O5. The van der Waals surface area contributed by atoms with Gasteiger partial charge in [-0.15, -0.1) is 10.2 Å². The molecule has 0 amide bonds. The predicted octanol–water partition coefficient (Wildman–Crippen LogP) is 3.14. The van der Waals surface area contributed by atoms with E-state index in [2.05, 4.69) is 10.2 Å². The molecule has 0 N–H and O–H groups in total. The summed E-state index contributed by atoms with van der Waals surface area (Å²) in [6.07, 6.45) is 0. The first-order chi connectivity index (χ1) is 12.0. The van der Waals surface area contributed by atoms with E-state index in [-0.39, 0.29) is 29.6 Å². The number of carbonyl (C=O) groups is 1. The Labute approximate surface area is 140 Å². The standard InChI is InChI=1S/C16H10FN3O5/c17-13-4-2-1-3-12(13)16(21)24-9-14-18-19-15(25-14)10-5-7-11(8-6-10)20(22)23/h1-8H,9H2. The molecule has 3 rings (SSSR count). The second-order valence-corrected chi connectivity index (χ2v) is 4.86. The van der Waals surface area contributed by atoms with Gasteiger partial charge in [0.05, 0.1) is 10.5 Å². The molecule has 1 heterocycles. The third-order valence-corrected chi connectivity index (χ3v) is 3.21. The van der Waals surface area contributed by atoms with Crippen molar-refractivity contribution in [3.63, 3.8) is 0 Å². The molecule has 0 saturated carbocycles. The highest BCUT2D eigenvalue weighted by Crippen LogP contribution is 2.21. The first kappa shape index (κ1) is 16.2. The van der Waals surface area contributed by atoms with Crippen molar-refractivity contribution in [1.82, 2.24) is 10.2 Å². The van der Waals surface area contributed by atoms with E-state index < -0.39 is 16.7 Å². The van der Waals surface area contributed by atoms with Gasteiger partial charge in [-0.1, -0.05) is 12.1 Å². The Bertz CT molecular complexity index is 924. The van der Waals surface area contributed by atoms with Crippen LogP contribution in [0.5, 0.6) is 0 Å². The van der Waals surface area contributed by atoms with Gasteiger partial charge in [-0.2, -0.15) is 0 Å². The van der Waals surface area contributed by atoms with Crippen LogP contribution in [0.15, 0.2) is 52.9 Å². The van der Waals surface area contributed by atoms with Crippen molar-refractivity contribution in [2.24, 2.45) is 0 Å². The molecule has 0 atom stereocenters. The molecule has 8 nitrogen and oxygen atoms in total. The summed E-state index contributed by atoms with van der Waals surface area (Å²) < 4.78 is 23.7. The lowest BCUT2D eigenvalue weighted by Gasteiger charge is -2.02. The number of halogens is 1. The van der Waals surface area contributed by atoms with Crippen LogP contribution >= 0.6 is 0 Å². The number of ether oxygens (including phenoxy) is 1. The van der Waals surface area contributed by atoms with Crippen molar-refractivity contribution >= 4 is 11.7 Å². The fourth-order valence-electron chi connectivity index (χ4n) is 1.99. The van der Waals surface area contributed by atoms with Crippen LogP contribution in [0.25, 0.3) is 11.5 Å². The number of nitro benzene ring substituents is 1. The van der Waals surface area contributed by atoms with E-state index in [1.165, 1.54) is 42.5 Å². The second-order valence-electron chi connectivity index (χ2n) is 4.86. The van der Waals surface area contributed by atoms with E-state index >= 15 is 0 Å². The maximum atomic E-state index is 13.5. The van der Waals surface area contributed by atoms with Crippen molar-refractivity contribution < 1.29 is 23.3 Å². The number of rotatable bonds is 5. The number of hydrogen-bond donors (Lipinski definition) is 0. The van der Waals surface area contributed by atoms with Crippen molar-refractivity contribution in [2.45, 2.75) is 6.61 Å². The molecule has 9 heteroatoms. The van der Waals surface area contributed by atoms with Crippen molar-refractivity contribution in [3.8, 4) is 11.5 Å². The largest absolute Gasteiger partial charge is 0.452 e. The molecule has 25 heavy (non-hydrogen) atoms. The Balaban J connectivity index is 1.67. The summed E-state index contributed by atoms with van der Waals surface area (Å²) in [4.78, 5) is 21.9. The minimum atomic E-state index is -0.854. The van der Waals surface area contributed by atoms with Gasteiger partial charge in [-0.05, 0) is 24.3 Å². The van der Waals surface area contributed by atoms with Crippen LogP contribution in [0, 0.1) is 15.9 Å². The first-order valence-electron chi connectivity index (χ1n) is 7.03. The molecule has 2 aromatic carbocycles. The normalized spacial score (nSPS) is 10.4. The van der Waals surface area contributed by atoms with Gasteiger partial charge < -0.3 is 9.15 Å². The SMILES string of the molecule is O=C(OCc1nnc(-c2ccc([N+](=O)[O-])cc2)o1)c1ccccc1F. The summed E-state index contributed by atoms with van der Waals surface area (Å²) in [5.41, 5.74) is 0.213. The maximum Gasteiger partial charge on any atom is 0.341 e. The van der Waals surface area contributed by atoms with Crippen molar-refractivity contribution in [2.75, 3.05) is 0 Å². The highest BCUT2D eigenvalue weighted by Gasteiger charge is 2.15. The Morgan fingerprint density at radius 1 is 1.16 bits per heavy atom. The summed E-state index contributed by atoms with van der Waals surface area (Å²) in [6, 6.07) is 10.9. The van der Waals surface area contributed by atoms with Gasteiger partial charge in [0.1, 0.15) is 5.82 Å². The molecule has 3 aromatic rings. The van der Waals surface area contributed by atoms with Gasteiger partial charge >= 0.3 is 5.97 Å². The monoisotopic (exact) mass is 343 g/mol. The van der Waals surface area contributed by atoms with Crippen LogP contribution < -0.4 is 0 Å². The summed E-state index contributed by atoms with van der Waals surface area (Å²) in [6.45, 7) is -0.326. The lowest BCUT2D eigenvalue weighted by Crippen LogP contribution is -2.07. The van der Waals surface area contributed by atoms with E-state index in [9.17, 15) is 19.3 Å². The zero-order valence-electron chi connectivity index (χ0n) is 12.6. The zero-order chi connectivity index (χ0) is 17.8. The number of nitrogens with zero attached hydrogens (tertiary/aromatic N) is 3. The number of non-ortho nitro benzene ring substituents is 1. The average molecular weight is 343 g/mol. The van der Waals surface area contributed by atoms with Crippen LogP contribution in [-0.4, -0.2) is 21.1 Å². The smallest absolute Gasteiger partial charge is 0.341 e. The molecule has 0 unspecified atom stereocenters. The Hall–Kier alpha value is -3.62. The molecule has 0 aliphatic carbocycles. The highest BCUT2D eigenvalue weighted by atomic mass is 19.1. The average Bonchev–Trinajstić information content (AvgIpc) is 3.09. The molecule has 0 saturated heterocycles. The lowest BCUT2D eigenvalue weighted by atomic mass is 10.2. The van der Waals surface area contributed by atoms with Gasteiger partial charge in [0, 0.05) is 17.7 Å². The summed E-state index contributed by atoms with van der Waals surface area (Å²) >= 11 is 0. The topological polar surface area (TPSA) is 108 Å². The number of nitro groups is 1. The minimum absolute atomic E-state index is 0.0121. The fourth-order valence-corrected chi connectivity index (χ4v) is 1.99. The second kappa shape index (κ2) is 6.87. The van der Waals surface area contributed by atoms with Gasteiger partial charge in [0.25, 0.3) is 11.6 Å². The molecule has 0 aliphatic heterocycles. The first-order valence-corrected chi connectivity index (χ1v) is 7.03. The number of carbonyl (C=O) groups excluding carboxylic acids is 1. The summed E-state index contributed by atoms with van der Waals surface area (Å²) in [7, 11) is 0. The maximum absolute atomic E-state index is 13.5. The number of esters is 1. The molecule has 126 valence electrons. The van der Waals surface area contributed by atoms with Crippen LogP contribution in [-0.2, 0) is 11.3 Å². The lowest BCUT2D eigenvalue weighted by molar-refractivity contribution is -0.384. The predicted molar refractivity (Wildman–Crippen MR) is 81.9 cm³/mol.